The van der Waals surface area contributed by atoms with Crippen LogP contribution in [0.1, 0.15) is 10.4 Å². The molecule has 6 nitrogen and oxygen atoms in total. The molecular weight excluding hydrogens is 365 g/mol. The van der Waals surface area contributed by atoms with E-state index in [1.165, 1.54) is 23.1 Å². The van der Waals surface area contributed by atoms with Gasteiger partial charge in [0.1, 0.15) is 5.69 Å². The number of hydrogen-bond donors (Lipinski definition) is 1. The first-order chi connectivity index (χ1) is 12.0. The van der Waals surface area contributed by atoms with Crippen molar-refractivity contribution in [2.24, 2.45) is 0 Å². The number of amides is 1. The van der Waals surface area contributed by atoms with Gasteiger partial charge >= 0.3 is 0 Å². The second-order valence-corrected chi connectivity index (χ2v) is 5.98. The Morgan fingerprint density at radius 1 is 1.20 bits per heavy atom. The Kier molecular flexibility index (Phi) is 5.21. The second-order valence-electron chi connectivity index (χ2n) is 5.14. The van der Waals surface area contributed by atoms with E-state index in [2.05, 4.69) is 10.4 Å². The number of nitrogens with one attached hydrogen (secondary N) is 1. The molecule has 1 N–H and O–H groups in total. The lowest BCUT2D eigenvalue weighted by Gasteiger charge is -2.09. The van der Waals surface area contributed by atoms with E-state index in [-0.39, 0.29) is 30.1 Å². The normalized spacial score (nSPS) is 10.6. The maximum atomic E-state index is 12.2. The summed E-state index contributed by atoms with van der Waals surface area (Å²) in [5.41, 5.74) is 0.540. The number of aromatic nitrogens is 2. The van der Waals surface area contributed by atoms with Crippen LogP contribution in [0.3, 0.4) is 0 Å². The highest BCUT2D eigenvalue weighted by Gasteiger charge is 2.11. The van der Waals surface area contributed by atoms with E-state index in [4.69, 9.17) is 27.6 Å². The fraction of sp³-hybridized carbons (Fsp3) is 0.118. The van der Waals surface area contributed by atoms with Gasteiger partial charge in [0, 0.05) is 17.6 Å². The van der Waals surface area contributed by atoms with Crippen LogP contribution in [-0.2, 0) is 6.54 Å². The molecule has 0 aliphatic carbocycles. The van der Waals surface area contributed by atoms with Crippen LogP contribution in [0, 0.1) is 0 Å². The molecule has 0 saturated carbocycles. The zero-order valence-corrected chi connectivity index (χ0v) is 14.4. The van der Waals surface area contributed by atoms with Crippen molar-refractivity contribution < 1.29 is 9.21 Å². The Bertz CT molecular complexity index is 952. The van der Waals surface area contributed by atoms with Crippen LogP contribution >= 0.6 is 23.2 Å². The summed E-state index contributed by atoms with van der Waals surface area (Å²) in [6.45, 7) is 0.410. The van der Waals surface area contributed by atoms with Gasteiger partial charge in [-0.05, 0) is 36.4 Å². The fourth-order valence-corrected chi connectivity index (χ4v) is 2.58. The fourth-order valence-electron chi connectivity index (χ4n) is 2.21. The van der Waals surface area contributed by atoms with E-state index in [1.54, 1.807) is 30.3 Å². The smallest absolute Gasteiger partial charge is 0.266 e. The highest BCUT2D eigenvalue weighted by molar-refractivity contribution is 6.35. The first-order valence-electron chi connectivity index (χ1n) is 7.40. The van der Waals surface area contributed by atoms with Crippen molar-refractivity contribution in [2.75, 3.05) is 6.54 Å². The van der Waals surface area contributed by atoms with Crippen LogP contribution in [0.25, 0.3) is 11.5 Å². The van der Waals surface area contributed by atoms with Crippen molar-refractivity contribution >= 4 is 29.1 Å². The molecule has 0 spiro atoms. The van der Waals surface area contributed by atoms with Gasteiger partial charge in [-0.1, -0.05) is 23.2 Å². The number of rotatable bonds is 5. The average Bonchev–Trinajstić information content (AvgIpc) is 3.13. The topological polar surface area (TPSA) is 77.1 Å². The average molecular weight is 378 g/mol. The third kappa shape index (κ3) is 4.10. The number of benzene rings is 1. The zero-order chi connectivity index (χ0) is 17.8. The SMILES string of the molecule is O=C(NCCn1nc(-c2ccco2)ccc1=O)c1cc(Cl)ccc1Cl. The van der Waals surface area contributed by atoms with Crippen LogP contribution in [0.2, 0.25) is 10.0 Å². The Hall–Kier alpha value is -2.57. The van der Waals surface area contributed by atoms with Gasteiger partial charge in [-0.3, -0.25) is 9.59 Å². The van der Waals surface area contributed by atoms with Gasteiger partial charge in [-0.2, -0.15) is 5.10 Å². The molecule has 1 amide bonds. The minimum atomic E-state index is -0.372. The lowest BCUT2D eigenvalue weighted by Crippen LogP contribution is -2.32. The summed E-state index contributed by atoms with van der Waals surface area (Å²) in [6.07, 6.45) is 1.53. The molecule has 0 atom stereocenters. The molecule has 25 heavy (non-hydrogen) atoms. The number of halogens is 2. The lowest BCUT2D eigenvalue weighted by molar-refractivity contribution is 0.0952. The van der Waals surface area contributed by atoms with Gasteiger partial charge in [-0.15, -0.1) is 0 Å². The quantitative estimate of drug-likeness (QED) is 0.740. The predicted molar refractivity (Wildman–Crippen MR) is 95.0 cm³/mol. The van der Waals surface area contributed by atoms with E-state index >= 15 is 0 Å². The van der Waals surface area contributed by atoms with Crippen LogP contribution in [-0.4, -0.2) is 22.2 Å². The van der Waals surface area contributed by atoms with Gasteiger partial charge in [0.05, 0.1) is 23.4 Å². The van der Waals surface area contributed by atoms with Gasteiger partial charge < -0.3 is 9.73 Å². The highest BCUT2D eigenvalue weighted by atomic mass is 35.5. The Morgan fingerprint density at radius 2 is 2.04 bits per heavy atom. The number of carbonyl (C=O) groups is 1. The van der Waals surface area contributed by atoms with Crippen LogP contribution < -0.4 is 10.9 Å². The van der Waals surface area contributed by atoms with Crippen LogP contribution in [0.4, 0.5) is 0 Å². The number of hydrogen-bond acceptors (Lipinski definition) is 4. The van der Waals surface area contributed by atoms with E-state index in [0.717, 1.165) is 0 Å². The van der Waals surface area contributed by atoms with E-state index in [1.807, 2.05) is 0 Å². The molecule has 2 aromatic heterocycles. The number of nitrogens with zero attached hydrogens (tertiary/aromatic N) is 2. The maximum Gasteiger partial charge on any atom is 0.266 e. The van der Waals surface area contributed by atoms with Crippen molar-refractivity contribution in [3.05, 3.63) is 74.7 Å². The standard InChI is InChI=1S/C17H13Cl2N3O3/c18-11-3-4-13(19)12(10-11)17(24)20-7-8-22-16(23)6-5-14(21-22)15-2-1-9-25-15/h1-6,9-10H,7-8H2,(H,20,24). The van der Waals surface area contributed by atoms with Gasteiger partial charge in [0.25, 0.3) is 11.5 Å². The molecule has 128 valence electrons. The summed E-state index contributed by atoms with van der Waals surface area (Å²) >= 11 is 11.9. The van der Waals surface area contributed by atoms with Gasteiger partial charge in [0.15, 0.2) is 5.76 Å². The largest absolute Gasteiger partial charge is 0.463 e. The monoisotopic (exact) mass is 377 g/mol. The zero-order valence-electron chi connectivity index (χ0n) is 12.9. The van der Waals surface area contributed by atoms with E-state index in [0.29, 0.717) is 21.5 Å². The van der Waals surface area contributed by atoms with E-state index < -0.39 is 0 Å². The first-order valence-corrected chi connectivity index (χ1v) is 8.15. The maximum absolute atomic E-state index is 12.2. The minimum absolute atomic E-state index is 0.205. The molecule has 0 fully saturated rings. The summed E-state index contributed by atoms with van der Waals surface area (Å²) in [6, 6.07) is 11.1. The van der Waals surface area contributed by atoms with Crippen molar-refractivity contribution in [1.29, 1.82) is 0 Å². The molecule has 3 aromatic rings. The Labute approximate surface area is 153 Å². The van der Waals surface area contributed by atoms with Crippen molar-refractivity contribution in [2.45, 2.75) is 6.54 Å². The highest BCUT2D eigenvalue weighted by Crippen LogP contribution is 2.20. The molecule has 3 rings (SSSR count). The first kappa shape index (κ1) is 17.3. The summed E-state index contributed by atoms with van der Waals surface area (Å²) in [7, 11) is 0. The molecule has 0 aliphatic heterocycles. The summed E-state index contributed by atoms with van der Waals surface area (Å²) in [4.78, 5) is 24.1. The van der Waals surface area contributed by atoms with E-state index in [9.17, 15) is 9.59 Å². The van der Waals surface area contributed by atoms with Crippen LogP contribution in [0.5, 0.6) is 0 Å². The Morgan fingerprint density at radius 3 is 2.80 bits per heavy atom. The molecule has 8 heteroatoms. The second kappa shape index (κ2) is 7.55. The third-order valence-electron chi connectivity index (χ3n) is 3.42. The van der Waals surface area contributed by atoms with Gasteiger partial charge in [0.2, 0.25) is 0 Å². The Balaban J connectivity index is 1.68. The predicted octanol–water partition coefficient (Wildman–Crippen LogP) is 3.24. The molecule has 0 bridgehead atoms. The lowest BCUT2D eigenvalue weighted by atomic mass is 10.2. The summed E-state index contributed by atoms with van der Waals surface area (Å²) in [5, 5.41) is 7.64. The molecule has 0 aliphatic rings. The van der Waals surface area contributed by atoms with Crippen LogP contribution in [0.15, 0.2) is 57.9 Å². The van der Waals surface area contributed by atoms with Crippen molar-refractivity contribution in [1.82, 2.24) is 15.1 Å². The molecule has 0 saturated heterocycles. The summed E-state index contributed by atoms with van der Waals surface area (Å²) in [5.74, 6) is 0.186. The molecule has 0 radical (unpaired) electrons. The number of carbonyl (C=O) groups excluding carboxylic acids is 1. The molecule has 0 unspecified atom stereocenters. The molecular formula is C17H13Cl2N3O3. The van der Waals surface area contributed by atoms with Crippen molar-refractivity contribution in [3.8, 4) is 11.5 Å². The van der Waals surface area contributed by atoms with Crippen molar-refractivity contribution in [3.63, 3.8) is 0 Å². The summed E-state index contributed by atoms with van der Waals surface area (Å²) < 4.78 is 6.53. The minimum Gasteiger partial charge on any atom is -0.463 e. The number of furan rings is 1. The third-order valence-corrected chi connectivity index (χ3v) is 3.99. The molecule has 2 heterocycles. The van der Waals surface area contributed by atoms with Gasteiger partial charge in [-0.25, -0.2) is 4.68 Å². The molecule has 1 aromatic carbocycles.